The van der Waals surface area contributed by atoms with Crippen LogP contribution in [0.15, 0.2) is 121 Å². The van der Waals surface area contributed by atoms with Crippen LogP contribution in [-0.4, -0.2) is 333 Å². The molecule has 33 heteroatoms. The quantitative estimate of drug-likeness (QED) is 0.0245. The Kier molecular flexibility index (Phi) is 58.4. The van der Waals surface area contributed by atoms with Gasteiger partial charge in [0, 0.05) is 91.4 Å². The maximum atomic E-state index is 11.6. The van der Waals surface area contributed by atoms with Crippen LogP contribution in [-0.2, 0) is 163 Å². The summed E-state index contributed by atoms with van der Waals surface area (Å²) in [6.07, 6.45) is 13.3. The fourth-order valence-corrected chi connectivity index (χ4v) is 19.1. The highest BCUT2D eigenvalue weighted by molar-refractivity contribution is 5.60. The van der Waals surface area contributed by atoms with Crippen molar-refractivity contribution in [3.8, 4) is 0 Å². The molecule has 806 valence electrons. The van der Waals surface area contributed by atoms with Crippen molar-refractivity contribution in [2.45, 2.75) is 333 Å². The molecule has 17 unspecified atom stereocenters. The number of methoxy groups -OCH3 is 6. The van der Waals surface area contributed by atoms with Crippen molar-refractivity contribution in [2.75, 3.05) is 143 Å². The third-order valence-electron chi connectivity index (χ3n) is 28.0. The second kappa shape index (κ2) is 68.2. The molecule has 0 radical (unpaired) electrons. The van der Waals surface area contributed by atoms with Crippen molar-refractivity contribution < 1.29 is 138 Å². The van der Waals surface area contributed by atoms with Crippen LogP contribution in [0, 0.1) is 47.3 Å². The number of nitrogens with one attached hydrogen (secondary N) is 4. The number of ether oxygens (including phenoxy) is 25. The van der Waals surface area contributed by atoms with Gasteiger partial charge >= 0.3 is 0 Å². The average Bonchev–Trinajstić information content (AvgIpc) is 1.24. The molecule has 35 atom stereocenters. The summed E-state index contributed by atoms with van der Waals surface area (Å²) in [6.45, 7) is 42.0. The normalized spacial score (nSPS) is 32.9. The Morgan fingerprint density at radius 2 is 0.486 bits per heavy atom. The molecular formula is C109H176N4O29. The van der Waals surface area contributed by atoms with Gasteiger partial charge in [0.2, 0.25) is 0 Å². The summed E-state index contributed by atoms with van der Waals surface area (Å²) >= 11 is 0. The lowest BCUT2D eigenvalue weighted by atomic mass is 9.98. The molecule has 4 N–H and O–H groups in total. The van der Waals surface area contributed by atoms with Crippen LogP contribution in [0.25, 0.3) is 0 Å². The third-order valence-corrected chi connectivity index (χ3v) is 28.0. The minimum atomic E-state index is -0.609. The lowest BCUT2D eigenvalue weighted by molar-refractivity contribution is -0.322. The summed E-state index contributed by atoms with van der Waals surface area (Å²) in [5.74, 6) is 5.22. The molecule has 4 aromatic rings. The van der Waals surface area contributed by atoms with Crippen LogP contribution in [0.1, 0.15) is 165 Å². The van der Waals surface area contributed by atoms with Gasteiger partial charge < -0.3 is 138 Å². The zero-order valence-corrected chi connectivity index (χ0v) is 88.6. The topological polar surface area (TPSA) is 347 Å². The Morgan fingerprint density at radius 1 is 0.268 bits per heavy atom. The van der Waals surface area contributed by atoms with Gasteiger partial charge in [-0.2, -0.15) is 0 Å². The number of benzene rings is 4. The Balaban J connectivity index is 0.000000197. The predicted molar refractivity (Wildman–Crippen MR) is 536 cm³/mol. The number of rotatable bonds is 35. The first-order valence-corrected chi connectivity index (χ1v) is 51.8. The number of hydrogen-bond donors (Lipinski definition) is 4. The standard InChI is InChI=1S/C22H28N2O4.C14H21NO3.C13H19NO3.3C10H18O4.3C8H14O2.C6H12O/c1-27-21(23-19(15-25)13-17-9-5-3-6-10-17)22(28-2)24-20(16-26)14-18-11-7-4-8-12-18;1-11(17-2)14(18-3)15-13(10-16)9-12-7-5-4-6-8-12;1-16-10-13(17-2)14-12(9-15)8-11-6-4-3-5-7-11;3*1-3-7-9-10(14-5-11-7)8(4-2)12-6-13-9;3*1-5-3-9-8-6(2)4-10-7(5)8;1-5-3-7-4-6(5)2/h3-12,15-16,19-24H,13-14H2,1-2H3;4-8,10-11,13-15H,9H2,1-3H3;3-7,9,12-14H,8,10H2,1-2H3;3*7-10H,3-6H2,1-2H3;3*5-8H,3-4H2,1-2H3;5-6H,3-4H2,1-2H3/t19-,20-,21?,22?;11?,13-,14?;12-,13?;7-,8+,9?,10?;2*7-,8-,9?,10?;5-,6+,7?,8?;2*5-,6-,7?,8?;5-,6-/m000.10.101/s1. The van der Waals surface area contributed by atoms with Gasteiger partial charge in [-0.15, -0.1) is 0 Å². The van der Waals surface area contributed by atoms with E-state index in [-0.39, 0.29) is 104 Å². The Labute approximate surface area is 846 Å². The molecule has 142 heavy (non-hydrogen) atoms. The number of aldehydes is 4. The van der Waals surface area contributed by atoms with Gasteiger partial charge in [-0.25, -0.2) is 0 Å². The van der Waals surface area contributed by atoms with E-state index in [1.54, 1.807) is 28.4 Å². The van der Waals surface area contributed by atoms with E-state index < -0.39 is 24.5 Å². The van der Waals surface area contributed by atoms with E-state index in [1.807, 2.05) is 128 Å². The van der Waals surface area contributed by atoms with Gasteiger partial charge in [-0.3, -0.25) is 21.3 Å². The van der Waals surface area contributed by atoms with Crippen LogP contribution in [0.5, 0.6) is 0 Å². The number of carbonyl (C=O) groups is 4. The molecule has 17 rings (SSSR count). The zero-order chi connectivity index (χ0) is 103. The molecule has 0 saturated carbocycles. The Bertz CT molecular complexity index is 3570. The molecule has 4 aromatic carbocycles. The van der Waals surface area contributed by atoms with Crippen LogP contribution in [0.3, 0.4) is 0 Å². The smallest absolute Gasteiger partial charge is 0.148 e. The summed E-state index contributed by atoms with van der Waals surface area (Å²) in [4.78, 5) is 45.2. The molecule has 0 amide bonds. The minimum Gasteiger partial charge on any atom is -0.381 e. The molecule has 13 fully saturated rings. The number of hydrogen-bond acceptors (Lipinski definition) is 33. The van der Waals surface area contributed by atoms with E-state index in [1.165, 1.54) is 14.2 Å². The lowest BCUT2D eigenvalue weighted by Crippen LogP contribution is -2.56. The summed E-state index contributed by atoms with van der Waals surface area (Å²) < 4.78 is 136. The van der Waals surface area contributed by atoms with Crippen molar-refractivity contribution >= 4 is 25.1 Å². The van der Waals surface area contributed by atoms with Crippen molar-refractivity contribution in [1.29, 1.82) is 0 Å². The van der Waals surface area contributed by atoms with Gasteiger partial charge in [-0.05, 0) is 105 Å². The number of fused-ring (bicyclic) bond motifs is 6. The highest BCUT2D eigenvalue weighted by Crippen LogP contribution is 2.38. The largest absolute Gasteiger partial charge is 0.381 e. The summed E-state index contributed by atoms with van der Waals surface area (Å²) in [6, 6.07) is 37.8. The second-order valence-electron chi connectivity index (χ2n) is 38.8. The molecule has 0 aliphatic carbocycles. The second-order valence-corrected chi connectivity index (χ2v) is 38.8. The molecule has 13 aliphatic rings. The molecule has 0 bridgehead atoms. The first-order valence-electron chi connectivity index (χ1n) is 51.8. The van der Waals surface area contributed by atoms with Gasteiger partial charge in [-0.1, -0.05) is 218 Å². The van der Waals surface area contributed by atoms with Crippen molar-refractivity contribution in [2.24, 2.45) is 47.3 Å². The first kappa shape index (κ1) is 122. The first-order chi connectivity index (χ1) is 69.0. The van der Waals surface area contributed by atoms with E-state index in [0.29, 0.717) is 145 Å². The lowest BCUT2D eigenvalue weighted by Gasteiger charge is -2.43. The molecular weight excluding hydrogens is 1830 g/mol. The average molecular weight is 2010 g/mol. The van der Waals surface area contributed by atoms with E-state index in [9.17, 15) is 19.2 Å². The highest BCUT2D eigenvalue weighted by atomic mass is 16.8. The Hall–Kier alpha value is -5.60. The van der Waals surface area contributed by atoms with Gasteiger partial charge in [0.25, 0.3) is 0 Å². The van der Waals surface area contributed by atoms with Crippen LogP contribution in [0.4, 0.5) is 0 Å². The fourth-order valence-electron chi connectivity index (χ4n) is 19.1. The van der Waals surface area contributed by atoms with E-state index >= 15 is 0 Å². The van der Waals surface area contributed by atoms with Crippen LogP contribution < -0.4 is 21.3 Å². The van der Waals surface area contributed by atoms with Crippen LogP contribution in [0.2, 0.25) is 0 Å². The zero-order valence-electron chi connectivity index (χ0n) is 88.6. The molecule has 33 nitrogen and oxygen atoms in total. The predicted octanol–water partition coefficient (Wildman–Crippen LogP) is 12.5. The van der Waals surface area contributed by atoms with E-state index in [2.05, 4.69) is 118 Å². The van der Waals surface area contributed by atoms with Crippen LogP contribution >= 0.6 is 0 Å². The maximum absolute atomic E-state index is 11.6. The summed E-state index contributed by atoms with van der Waals surface area (Å²) in [5, 5.41) is 12.5. The number of carbonyl (C=O) groups excluding carboxylic acids is 4. The molecule has 13 aliphatic heterocycles. The Morgan fingerprint density at radius 3 is 0.662 bits per heavy atom. The molecule has 0 aromatic heterocycles. The monoisotopic (exact) mass is 2010 g/mol. The van der Waals surface area contributed by atoms with Gasteiger partial charge in [0.1, 0.15) is 127 Å². The molecule has 13 saturated heterocycles. The molecule has 0 spiro atoms. The van der Waals surface area contributed by atoms with Gasteiger partial charge in [0.05, 0.1) is 150 Å². The molecule has 13 heterocycles. The summed E-state index contributed by atoms with van der Waals surface area (Å²) in [7, 11) is 9.46. The third kappa shape index (κ3) is 39.1. The fraction of sp³-hybridized carbons (Fsp3) is 0.743. The van der Waals surface area contributed by atoms with Crippen molar-refractivity contribution in [3.05, 3.63) is 144 Å². The van der Waals surface area contributed by atoms with Crippen molar-refractivity contribution in [3.63, 3.8) is 0 Å². The highest BCUT2D eigenvalue weighted by Gasteiger charge is 2.49. The SMILES string of the molecule is CC[C@@H]1OCOC2C1OCO[C@@H]2CC.CC[C@@H]1OCOC2C1OCO[C@H]2CC.CC[C@H]1OCOC2C1OCO[C@@H]2CC.COC(C)C(N[C@H](C=O)Cc1ccccc1)OC.COC(N[C@H](C=O)Cc1ccccc1)C(N[C@H](C=O)Cc1ccccc1)OC.COCC(N[C@H](C=O)Cc1ccccc1)OC.C[C@@H]1COC2C1OC[C@@H]2C.C[C@@H]1COC2C1OC[C@H]2C.C[C@@H]1COC[C@H]1C.C[C@H]1COC2C1OC[C@@H]2C. The minimum absolute atomic E-state index is 0.0486. The van der Waals surface area contributed by atoms with E-state index in [4.69, 9.17) is 118 Å². The summed E-state index contributed by atoms with van der Waals surface area (Å²) in [5.41, 5.74) is 4.31. The maximum Gasteiger partial charge on any atom is 0.148 e. The van der Waals surface area contributed by atoms with E-state index in [0.717, 1.165) is 151 Å². The van der Waals surface area contributed by atoms with Crippen molar-refractivity contribution in [1.82, 2.24) is 21.3 Å². The van der Waals surface area contributed by atoms with Gasteiger partial charge in [0.15, 0.2) is 0 Å².